The lowest BCUT2D eigenvalue weighted by Crippen LogP contribution is -2.52. The van der Waals surface area contributed by atoms with Crippen LogP contribution in [0.1, 0.15) is 51.2 Å². The quantitative estimate of drug-likeness (QED) is 0.375. The van der Waals surface area contributed by atoms with Crippen molar-refractivity contribution >= 4 is 23.2 Å². The second-order valence-electron chi connectivity index (χ2n) is 7.96. The van der Waals surface area contributed by atoms with Crippen LogP contribution in [0.25, 0.3) is 0 Å². The maximum absolute atomic E-state index is 12.6. The number of carbonyl (C=O) groups is 2. The molecule has 8 heteroatoms. The van der Waals surface area contributed by atoms with E-state index in [1.807, 2.05) is 26.2 Å². The molecule has 1 aromatic rings. The molecule has 2 amide bonds. The molecule has 0 aliphatic rings. The lowest BCUT2D eigenvalue weighted by Gasteiger charge is -2.24. The Bertz CT molecular complexity index is 673. The molecule has 29 heavy (non-hydrogen) atoms. The van der Waals surface area contributed by atoms with Gasteiger partial charge in [0.2, 0.25) is 0 Å². The minimum absolute atomic E-state index is 0.00198. The SMILES string of the molecule is C=C(C)COCCNCC(NC(=O)N(C)Cc1csc(C(C)C)n1)C(=O)C(C)C. The van der Waals surface area contributed by atoms with Crippen molar-refractivity contribution in [3.05, 3.63) is 28.2 Å². The first-order chi connectivity index (χ1) is 13.6. The van der Waals surface area contributed by atoms with Gasteiger partial charge in [0.1, 0.15) is 6.04 Å². The number of nitrogens with one attached hydrogen (secondary N) is 2. The zero-order chi connectivity index (χ0) is 22.0. The van der Waals surface area contributed by atoms with Crippen molar-refractivity contribution in [2.24, 2.45) is 5.92 Å². The van der Waals surface area contributed by atoms with Gasteiger partial charge in [-0.25, -0.2) is 9.78 Å². The standard InChI is InChI=1S/C21H36N4O3S/c1-14(2)12-28-9-8-22-10-18(19(26)15(3)4)24-21(27)25(7)11-17-13-29-20(23-17)16(5)6/h13,15-16,18,22H,1,8-12H2,2-7H3,(H,24,27). The summed E-state index contributed by atoms with van der Waals surface area (Å²) in [5.41, 5.74) is 1.82. The first kappa shape index (κ1) is 25.3. The Labute approximate surface area is 178 Å². The highest BCUT2D eigenvalue weighted by atomic mass is 32.1. The second-order valence-corrected chi connectivity index (χ2v) is 8.85. The van der Waals surface area contributed by atoms with E-state index < -0.39 is 6.04 Å². The number of hydrogen-bond acceptors (Lipinski definition) is 6. The summed E-state index contributed by atoms with van der Waals surface area (Å²) in [6.45, 7) is 16.0. The number of ketones is 1. The average molecular weight is 425 g/mol. The van der Waals surface area contributed by atoms with E-state index in [1.165, 1.54) is 0 Å². The van der Waals surface area contributed by atoms with E-state index >= 15 is 0 Å². The Morgan fingerprint density at radius 2 is 2.00 bits per heavy atom. The van der Waals surface area contributed by atoms with Crippen LogP contribution >= 0.6 is 11.3 Å². The number of Topliss-reactive ketones (excluding diaryl/α,β-unsaturated/α-hetero) is 1. The molecule has 1 aromatic heterocycles. The molecule has 0 aromatic carbocycles. The normalized spacial score (nSPS) is 12.3. The molecule has 0 saturated heterocycles. The molecule has 0 radical (unpaired) electrons. The lowest BCUT2D eigenvalue weighted by molar-refractivity contribution is -0.123. The Kier molecular flexibility index (Phi) is 11.1. The Balaban J connectivity index is 2.56. The highest BCUT2D eigenvalue weighted by Gasteiger charge is 2.24. The monoisotopic (exact) mass is 424 g/mol. The van der Waals surface area contributed by atoms with Gasteiger partial charge in [0.15, 0.2) is 5.78 Å². The predicted molar refractivity (Wildman–Crippen MR) is 118 cm³/mol. The van der Waals surface area contributed by atoms with Gasteiger partial charge in [0, 0.05) is 37.4 Å². The third kappa shape index (κ3) is 9.51. The molecule has 2 N–H and O–H groups in total. The van der Waals surface area contributed by atoms with Gasteiger partial charge in [-0.2, -0.15) is 0 Å². The average Bonchev–Trinajstić information content (AvgIpc) is 3.11. The zero-order valence-corrected chi connectivity index (χ0v) is 19.4. The molecule has 1 atom stereocenters. The van der Waals surface area contributed by atoms with Crippen LogP contribution in [0.5, 0.6) is 0 Å². The molecule has 7 nitrogen and oxygen atoms in total. The fraction of sp³-hybridized carbons (Fsp3) is 0.667. The van der Waals surface area contributed by atoms with E-state index in [-0.39, 0.29) is 17.7 Å². The van der Waals surface area contributed by atoms with Crippen LogP contribution in [-0.4, -0.2) is 61.1 Å². The van der Waals surface area contributed by atoms with Crippen LogP contribution in [0.4, 0.5) is 4.79 Å². The third-order valence-corrected chi connectivity index (χ3v) is 5.33. The van der Waals surface area contributed by atoms with Crippen LogP contribution in [0.3, 0.4) is 0 Å². The van der Waals surface area contributed by atoms with Crippen molar-refractivity contribution in [1.82, 2.24) is 20.5 Å². The number of nitrogens with zero attached hydrogens (tertiary/aromatic N) is 2. The van der Waals surface area contributed by atoms with Gasteiger partial charge in [0.25, 0.3) is 0 Å². The van der Waals surface area contributed by atoms with Crippen molar-refractivity contribution in [3.63, 3.8) is 0 Å². The Hall–Kier alpha value is -1.77. The molecule has 0 bridgehead atoms. The smallest absolute Gasteiger partial charge is 0.318 e. The van der Waals surface area contributed by atoms with Crippen molar-refractivity contribution in [1.29, 1.82) is 0 Å². The van der Waals surface area contributed by atoms with Crippen LogP contribution in [-0.2, 0) is 16.1 Å². The number of thiazole rings is 1. The van der Waals surface area contributed by atoms with Crippen LogP contribution in [0.2, 0.25) is 0 Å². The van der Waals surface area contributed by atoms with Gasteiger partial charge in [-0.3, -0.25) is 4.79 Å². The summed E-state index contributed by atoms with van der Waals surface area (Å²) in [5, 5.41) is 9.07. The van der Waals surface area contributed by atoms with Gasteiger partial charge in [0.05, 0.1) is 30.5 Å². The summed E-state index contributed by atoms with van der Waals surface area (Å²) >= 11 is 1.60. The molecule has 0 saturated carbocycles. The van der Waals surface area contributed by atoms with Crippen molar-refractivity contribution in [2.45, 2.75) is 53.1 Å². The van der Waals surface area contributed by atoms with Gasteiger partial charge >= 0.3 is 6.03 Å². The Morgan fingerprint density at radius 1 is 1.31 bits per heavy atom. The van der Waals surface area contributed by atoms with E-state index in [0.717, 1.165) is 16.3 Å². The maximum atomic E-state index is 12.6. The minimum Gasteiger partial charge on any atom is -0.376 e. The largest absolute Gasteiger partial charge is 0.376 e. The van der Waals surface area contributed by atoms with Crippen molar-refractivity contribution < 1.29 is 14.3 Å². The minimum atomic E-state index is -0.590. The molecule has 164 valence electrons. The molecular weight excluding hydrogens is 388 g/mol. The molecule has 0 fully saturated rings. The summed E-state index contributed by atoms with van der Waals surface area (Å²) < 4.78 is 5.44. The predicted octanol–water partition coefficient (Wildman–Crippen LogP) is 3.18. The van der Waals surface area contributed by atoms with Crippen LogP contribution in [0.15, 0.2) is 17.5 Å². The van der Waals surface area contributed by atoms with Gasteiger partial charge in [-0.05, 0) is 6.92 Å². The molecule has 0 aliphatic carbocycles. The van der Waals surface area contributed by atoms with Crippen LogP contribution < -0.4 is 10.6 Å². The summed E-state index contributed by atoms with van der Waals surface area (Å²) in [6.07, 6.45) is 0. The molecule has 0 spiro atoms. The Morgan fingerprint density at radius 3 is 2.55 bits per heavy atom. The summed E-state index contributed by atoms with van der Waals surface area (Å²) in [6, 6.07) is -0.879. The first-order valence-corrected chi connectivity index (χ1v) is 10.9. The summed E-state index contributed by atoms with van der Waals surface area (Å²) in [7, 11) is 1.71. The highest BCUT2D eigenvalue weighted by Crippen LogP contribution is 2.19. The van der Waals surface area contributed by atoms with E-state index in [9.17, 15) is 9.59 Å². The first-order valence-electron chi connectivity index (χ1n) is 10.0. The van der Waals surface area contributed by atoms with E-state index in [4.69, 9.17) is 4.74 Å². The molecule has 0 aliphatic heterocycles. The number of carbonyl (C=O) groups excluding carboxylic acids is 2. The van der Waals surface area contributed by atoms with Crippen molar-refractivity contribution in [3.8, 4) is 0 Å². The lowest BCUT2D eigenvalue weighted by atomic mass is 10.0. The molecule has 1 rings (SSSR count). The van der Waals surface area contributed by atoms with E-state index in [2.05, 4.69) is 36.0 Å². The molecule has 1 heterocycles. The number of hydrogen-bond donors (Lipinski definition) is 2. The van der Waals surface area contributed by atoms with Gasteiger partial charge < -0.3 is 20.3 Å². The van der Waals surface area contributed by atoms with Crippen molar-refractivity contribution in [2.75, 3.05) is 33.4 Å². The molecular formula is C21H36N4O3S. The highest BCUT2D eigenvalue weighted by molar-refractivity contribution is 7.09. The van der Waals surface area contributed by atoms with Gasteiger partial charge in [-0.15, -0.1) is 11.3 Å². The topological polar surface area (TPSA) is 83.6 Å². The molecule has 1 unspecified atom stereocenters. The number of amides is 2. The maximum Gasteiger partial charge on any atom is 0.318 e. The second kappa shape index (κ2) is 12.7. The zero-order valence-electron chi connectivity index (χ0n) is 18.6. The number of ether oxygens (including phenoxy) is 1. The number of aromatic nitrogens is 1. The van der Waals surface area contributed by atoms with Crippen LogP contribution in [0, 0.1) is 5.92 Å². The fourth-order valence-corrected chi connectivity index (χ4v) is 3.32. The van der Waals surface area contributed by atoms with E-state index in [0.29, 0.717) is 38.8 Å². The summed E-state index contributed by atoms with van der Waals surface area (Å²) in [4.78, 5) is 31.2. The fourth-order valence-electron chi connectivity index (χ4n) is 2.50. The number of rotatable bonds is 13. The van der Waals surface area contributed by atoms with Gasteiger partial charge in [-0.1, -0.05) is 39.8 Å². The number of urea groups is 1. The third-order valence-electron chi connectivity index (χ3n) is 4.14. The van der Waals surface area contributed by atoms with E-state index in [1.54, 1.807) is 23.3 Å². The summed E-state index contributed by atoms with van der Waals surface area (Å²) in [5.74, 6) is 0.198.